The number of carboxylic acid groups (broad SMARTS) is 1. The molecule has 82 valence electrons. The van der Waals surface area contributed by atoms with E-state index in [1.54, 1.807) is 6.92 Å². The minimum absolute atomic E-state index is 0.252. The highest BCUT2D eigenvalue weighted by molar-refractivity contribution is 6.02. The van der Waals surface area contributed by atoms with Crippen molar-refractivity contribution in [3.05, 3.63) is 24.3 Å². The first-order chi connectivity index (χ1) is 6.91. The number of hydrogen-bond acceptors (Lipinski definition) is 3. The Kier molecular flexibility index (Phi) is 5.47. The van der Waals surface area contributed by atoms with Crippen LogP contribution in [-0.2, 0) is 9.59 Å². The number of imide groups is 1. The minimum atomic E-state index is -1.26. The molecule has 0 unspecified atom stereocenters. The summed E-state index contributed by atoms with van der Waals surface area (Å²) in [5.74, 6) is -2.05. The fourth-order valence-electron chi connectivity index (χ4n) is 0.576. The van der Waals surface area contributed by atoms with Crippen LogP contribution in [0.1, 0.15) is 6.92 Å². The Hall–Kier alpha value is -2.11. The quantitative estimate of drug-likeness (QED) is 0.452. The van der Waals surface area contributed by atoms with Crippen LogP contribution in [0.2, 0.25) is 0 Å². The number of carbonyl (C=O) groups is 3. The lowest BCUT2D eigenvalue weighted by atomic mass is 10.3. The van der Waals surface area contributed by atoms with E-state index < -0.39 is 17.9 Å². The number of rotatable bonds is 4. The van der Waals surface area contributed by atoms with Crippen molar-refractivity contribution >= 4 is 17.9 Å². The molecule has 0 aromatic carbocycles. The first-order valence-corrected chi connectivity index (χ1v) is 4.06. The van der Waals surface area contributed by atoms with Gasteiger partial charge in [-0.05, 0) is 6.92 Å². The zero-order valence-corrected chi connectivity index (χ0v) is 8.24. The molecule has 15 heavy (non-hydrogen) atoms. The molecule has 0 rings (SSSR count). The second-order valence-electron chi connectivity index (χ2n) is 2.80. The second kappa shape index (κ2) is 6.36. The molecular formula is C9H12N2O4. The summed E-state index contributed by atoms with van der Waals surface area (Å²) in [6.07, 6.45) is 1.39. The predicted molar refractivity (Wildman–Crippen MR) is 53.1 cm³/mol. The Morgan fingerprint density at radius 3 is 2.40 bits per heavy atom. The standard InChI is InChI=1S/C9H12N2O4/c1-6(2)5-10-9(15)11-7(12)3-4-8(13)14/h3-4H,1,5H2,2H3,(H,13,14)(H2,10,11,12,15)/b4-3+. The van der Waals surface area contributed by atoms with E-state index in [1.807, 2.05) is 5.32 Å². The largest absolute Gasteiger partial charge is 0.478 e. The van der Waals surface area contributed by atoms with E-state index in [0.717, 1.165) is 11.6 Å². The van der Waals surface area contributed by atoms with Crippen LogP contribution in [0, 0.1) is 0 Å². The topological polar surface area (TPSA) is 95.5 Å². The van der Waals surface area contributed by atoms with Crippen molar-refractivity contribution in [3.63, 3.8) is 0 Å². The Labute approximate surface area is 86.7 Å². The SMILES string of the molecule is C=C(C)CNC(=O)NC(=O)/C=C/C(=O)O. The molecule has 0 spiro atoms. The average molecular weight is 212 g/mol. The molecule has 6 heteroatoms. The average Bonchev–Trinajstić information content (AvgIpc) is 2.11. The molecule has 0 aromatic heterocycles. The molecular weight excluding hydrogens is 200 g/mol. The minimum Gasteiger partial charge on any atom is -0.478 e. The van der Waals surface area contributed by atoms with Crippen molar-refractivity contribution in [2.45, 2.75) is 6.92 Å². The molecule has 3 N–H and O–H groups in total. The molecule has 0 fully saturated rings. The summed E-state index contributed by atoms with van der Waals surface area (Å²) in [7, 11) is 0. The molecule has 0 atom stereocenters. The van der Waals surface area contributed by atoms with Crippen LogP contribution in [0.3, 0.4) is 0 Å². The normalized spacial score (nSPS) is 9.67. The lowest BCUT2D eigenvalue weighted by Gasteiger charge is -2.03. The molecule has 0 aliphatic rings. The van der Waals surface area contributed by atoms with Gasteiger partial charge in [-0.25, -0.2) is 9.59 Å². The Bertz CT molecular complexity index is 320. The monoisotopic (exact) mass is 212 g/mol. The van der Waals surface area contributed by atoms with E-state index in [0.29, 0.717) is 6.08 Å². The summed E-state index contributed by atoms with van der Waals surface area (Å²) in [6, 6.07) is -0.696. The molecule has 0 heterocycles. The van der Waals surface area contributed by atoms with Crippen LogP contribution >= 0.6 is 0 Å². The van der Waals surface area contributed by atoms with Gasteiger partial charge in [0, 0.05) is 18.7 Å². The zero-order valence-electron chi connectivity index (χ0n) is 8.24. The van der Waals surface area contributed by atoms with Crippen molar-refractivity contribution in [3.8, 4) is 0 Å². The summed E-state index contributed by atoms with van der Waals surface area (Å²) < 4.78 is 0. The first kappa shape index (κ1) is 12.9. The van der Waals surface area contributed by atoms with Crippen LogP contribution in [0.5, 0.6) is 0 Å². The highest BCUT2D eigenvalue weighted by Gasteiger charge is 2.03. The van der Waals surface area contributed by atoms with Gasteiger partial charge in [-0.1, -0.05) is 12.2 Å². The number of aliphatic carboxylic acids is 1. The van der Waals surface area contributed by atoms with Crippen LogP contribution < -0.4 is 10.6 Å². The Balaban J connectivity index is 3.92. The van der Waals surface area contributed by atoms with Crippen molar-refractivity contribution in [1.29, 1.82) is 0 Å². The summed E-state index contributed by atoms with van der Waals surface area (Å²) >= 11 is 0. The van der Waals surface area contributed by atoms with E-state index >= 15 is 0 Å². The molecule has 0 aromatic rings. The van der Waals surface area contributed by atoms with Gasteiger partial charge in [0.15, 0.2) is 0 Å². The fraction of sp³-hybridized carbons (Fsp3) is 0.222. The summed E-state index contributed by atoms with van der Waals surface area (Å²) in [5, 5.41) is 12.5. The molecule has 0 saturated carbocycles. The van der Waals surface area contributed by atoms with Crippen molar-refractivity contribution in [2.75, 3.05) is 6.54 Å². The third-order valence-electron chi connectivity index (χ3n) is 1.16. The fourth-order valence-corrected chi connectivity index (χ4v) is 0.576. The van der Waals surface area contributed by atoms with Gasteiger partial charge in [0.25, 0.3) is 5.91 Å². The third kappa shape index (κ3) is 8.23. The molecule has 0 aliphatic carbocycles. The van der Waals surface area contributed by atoms with E-state index in [1.165, 1.54) is 0 Å². The van der Waals surface area contributed by atoms with E-state index in [4.69, 9.17) is 5.11 Å². The van der Waals surface area contributed by atoms with E-state index in [9.17, 15) is 14.4 Å². The summed E-state index contributed by atoms with van der Waals surface area (Å²) in [6.45, 7) is 5.51. The van der Waals surface area contributed by atoms with Gasteiger partial charge in [0.05, 0.1) is 0 Å². The van der Waals surface area contributed by atoms with Gasteiger partial charge >= 0.3 is 12.0 Å². The number of urea groups is 1. The van der Waals surface area contributed by atoms with Crippen molar-refractivity contribution in [2.24, 2.45) is 0 Å². The van der Waals surface area contributed by atoms with Crippen LogP contribution in [0.4, 0.5) is 4.79 Å². The van der Waals surface area contributed by atoms with Gasteiger partial charge in [0.1, 0.15) is 0 Å². The van der Waals surface area contributed by atoms with E-state index in [-0.39, 0.29) is 6.54 Å². The van der Waals surface area contributed by atoms with Crippen LogP contribution in [-0.4, -0.2) is 29.6 Å². The van der Waals surface area contributed by atoms with Gasteiger partial charge in [-0.2, -0.15) is 0 Å². The smallest absolute Gasteiger partial charge is 0.328 e. The first-order valence-electron chi connectivity index (χ1n) is 4.06. The highest BCUT2D eigenvalue weighted by Crippen LogP contribution is 1.81. The van der Waals surface area contributed by atoms with Crippen LogP contribution in [0.15, 0.2) is 24.3 Å². The number of carboxylic acids is 1. The maximum atomic E-state index is 10.9. The molecule has 0 aliphatic heterocycles. The Morgan fingerprint density at radius 2 is 1.93 bits per heavy atom. The van der Waals surface area contributed by atoms with Gasteiger partial charge < -0.3 is 10.4 Å². The van der Waals surface area contributed by atoms with Gasteiger partial charge in [0.2, 0.25) is 0 Å². The second-order valence-corrected chi connectivity index (χ2v) is 2.80. The molecule has 6 nitrogen and oxygen atoms in total. The third-order valence-corrected chi connectivity index (χ3v) is 1.16. The predicted octanol–water partition coefficient (Wildman–Crippen LogP) is 0.0291. The maximum Gasteiger partial charge on any atom is 0.328 e. The molecule has 0 radical (unpaired) electrons. The number of carbonyl (C=O) groups excluding carboxylic acids is 2. The molecule has 0 bridgehead atoms. The Morgan fingerprint density at radius 1 is 1.33 bits per heavy atom. The lowest BCUT2D eigenvalue weighted by Crippen LogP contribution is -2.39. The number of hydrogen-bond donors (Lipinski definition) is 3. The number of amides is 3. The number of nitrogens with one attached hydrogen (secondary N) is 2. The summed E-state index contributed by atoms with van der Waals surface area (Å²) in [4.78, 5) is 31.8. The zero-order chi connectivity index (χ0) is 11.8. The highest BCUT2D eigenvalue weighted by atomic mass is 16.4. The van der Waals surface area contributed by atoms with Gasteiger partial charge in [-0.3, -0.25) is 10.1 Å². The van der Waals surface area contributed by atoms with E-state index in [2.05, 4.69) is 11.9 Å². The summed E-state index contributed by atoms with van der Waals surface area (Å²) in [5.41, 5.74) is 0.735. The van der Waals surface area contributed by atoms with Crippen LogP contribution in [0.25, 0.3) is 0 Å². The molecule has 0 saturated heterocycles. The van der Waals surface area contributed by atoms with Crippen molar-refractivity contribution < 1.29 is 19.5 Å². The van der Waals surface area contributed by atoms with Gasteiger partial charge in [-0.15, -0.1) is 0 Å². The maximum absolute atomic E-state index is 10.9. The van der Waals surface area contributed by atoms with Crippen molar-refractivity contribution in [1.82, 2.24) is 10.6 Å². The molecule has 3 amide bonds. The lowest BCUT2D eigenvalue weighted by molar-refractivity contribution is -0.131.